The first kappa shape index (κ1) is 9.74. The van der Waals surface area contributed by atoms with Crippen molar-refractivity contribution in [1.29, 1.82) is 0 Å². The molecule has 3 heteroatoms. The number of hydrogen-bond acceptors (Lipinski definition) is 2. The maximum Gasteiger partial charge on any atom is 0.0654 e. The third-order valence-corrected chi connectivity index (χ3v) is 3.09. The summed E-state index contributed by atoms with van der Waals surface area (Å²) in [4.78, 5) is 5.74. The molecule has 1 aliphatic rings. The molecule has 0 saturated carbocycles. The normalized spacial score (nSPS) is 28.9. The van der Waals surface area contributed by atoms with Gasteiger partial charge in [-0.2, -0.15) is 0 Å². The SMILES string of the molecule is CC(C)N1CC[C@H](N)[C@H]1c1ccc[nH]1. The Morgan fingerprint density at radius 2 is 2.36 bits per heavy atom. The Morgan fingerprint density at radius 1 is 1.57 bits per heavy atom. The molecule has 0 unspecified atom stereocenters. The van der Waals surface area contributed by atoms with E-state index in [2.05, 4.69) is 29.8 Å². The quantitative estimate of drug-likeness (QED) is 0.747. The van der Waals surface area contributed by atoms with Gasteiger partial charge in [-0.15, -0.1) is 0 Å². The van der Waals surface area contributed by atoms with Crippen molar-refractivity contribution in [2.75, 3.05) is 6.54 Å². The van der Waals surface area contributed by atoms with Crippen LogP contribution in [0.5, 0.6) is 0 Å². The van der Waals surface area contributed by atoms with E-state index in [0.717, 1.165) is 13.0 Å². The molecule has 0 amide bonds. The predicted octanol–water partition coefficient (Wildman–Crippen LogP) is 1.50. The molecule has 2 heterocycles. The van der Waals surface area contributed by atoms with Gasteiger partial charge in [0, 0.05) is 30.5 Å². The number of nitrogens with one attached hydrogen (secondary N) is 1. The first-order valence-corrected chi connectivity index (χ1v) is 5.34. The smallest absolute Gasteiger partial charge is 0.0654 e. The Bertz CT molecular complexity index is 279. The van der Waals surface area contributed by atoms with Gasteiger partial charge in [0.2, 0.25) is 0 Å². The fourth-order valence-electron chi connectivity index (χ4n) is 2.36. The first-order chi connectivity index (χ1) is 6.70. The van der Waals surface area contributed by atoms with Gasteiger partial charge >= 0.3 is 0 Å². The van der Waals surface area contributed by atoms with Gasteiger partial charge in [-0.3, -0.25) is 4.90 Å². The van der Waals surface area contributed by atoms with Crippen molar-refractivity contribution < 1.29 is 0 Å². The molecule has 0 bridgehead atoms. The van der Waals surface area contributed by atoms with Crippen molar-refractivity contribution in [3.05, 3.63) is 24.0 Å². The molecule has 2 atom stereocenters. The van der Waals surface area contributed by atoms with Crippen LogP contribution in [0.25, 0.3) is 0 Å². The molecular formula is C11H19N3. The Balaban J connectivity index is 2.22. The average molecular weight is 193 g/mol. The maximum absolute atomic E-state index is 6.14. The van der Waals surface area contributed by atoms with Gasteiger partial charge in [0.25, 0.3) is 0 Å². The van der Waals surface area contributed by atoms with Crippen LogP contribution in [0.15, 0.2) is 18.3 Å². The van der Waals surface area contributed by atoms with Crippen LogP contribution in [0, 0.1) is 0 Å². The highest BCUT2D eigenvalue weighted by atomic mass is 15.2. The van der Waals surface area contributed by atoms with Crippen LogP contribution in [-0.2, 0) is 0 Å². The number of nitrogens with two attached hydrogens (primary N) is 1. The molecule has 78 valence electrons. The van der Waals surface area contributed by atoms with Gasteiger partial charge in [-0.1, -0.05) is 0 Å². The Hall–Kier alpha value is -0.800. The van der Waals surface area contributed by atoms with Crippen molar-refractivity contribution in [1.82, 2.24) is 9.88 Å². The molecule has 0 radical (unpaired) electrons. The minimum atomic E-state index is 0.274. The molecule has 1 saturated heterocycles. The highest BCUT2D eigenvalue weighted by Gasteiger charge is 2.34. The summed E-state index contributed by atoms with van der Waals surface area (Å²) in [5.74, 6) is 0. The number of rotatable bonds is 2. The summed E-state index contributed by atoms with van der Waals surface area (Å²) >= 11 is 0. The fraction of sp³-hybridized carbons (Fsp3) is 0.636. The van der Waals surface area contributed by atoms with E-state index in [1.54, 1.807) is 0 Å². The van der Waals surface area contributed by atoms with Crippen LogP contribution in [0.3, 0.4) is 0 Å². The van der Waals surface area contributed by atoms with Crippen LogP contribution in [0.1, 0.15) is 32.0 Å². The van der Waals surface area contributed by atoms with Crippen LogP contribution in [-0.4, -0.2) is 28.5 Å². The van der Waals surface area contributed by atoms with Crippen molar-refractivity contribution in [3.8, 4) is 0 Å². The average Bonchev–Trinajstić information content (AvgIpc) is 2.71. The Morgan fingerprint density at radius 3 is 2.93 bits per heavy atom. The van der Waals surface area contributed by atoms with Crippen LogP contribution in [0.4, 0.5) is 0 Å². The number of aromatic amines is 1. The summed E-state index contributed by atoms with van der Waals surface area (Å²) in [6.45, 7) is 5.57. The van der Waals surface area contributed by atoms with E-state index in [1.165, 1.54) is 5.69 Å². The van der Waals surface area contributed by atoms with Crippen LogP contribution >= 0.6 is 0 Å². The molecule has 2 rings (SSSR count). The first-order valence-electron chi connectivity index (χ1n) is 5.34. The van der Waals surface area contributed by atoms with E-state index in [4.69, 9.17) is 5.73 Å². The lowest BCUT2D eigenvalue weighted by Gasteiger charge is -2.29. The van der Waals surface area contributed by atoms with Crippen molar-refractivity contribution in [2.45, 2.75) is 38.4 Å². The second kappa shape index (κ2) is 3.75. The summed E-state index contributed by atoms with van der Waals surface area (Å²) in [5.41, 5.74) is 7.39. The molecule has 0 aromatic carbocycles. The molecule has 0 spiro atoms. The zero-order chi connectivity index (χ0) is 10.1. The van der Waals surface area contributed by atoms with Gasteiger partial charge in [-0.25, -0.2) is 0 Å². The minimum absolute atomic E-state index is 0.274. The molecule has 1 aromatic heterocycles. The molecule has 3 N–H and O–H groups in total. The maximum atomic E-state index is 6.14. The molecular weight excluding hydrogens is 174 g/mol. The standard InChI is InChI=1S/C11H19N3/c1-8(2)14-7-5-9(12)11(14)10-4-3-6-13-10/h3-4,6,8-9,11,13H,5,7,12H2,1-2H3/t9-,11-/m0/s1. The highest BCUT2D eigenvalue weighted by molar-refractivity contribution is 5.14. The lowest BCUT2D eigenvalue weighted by molar-refractivity contribution is 0.195. The summed E-state index contributed by atoms with van der Waals surface area (Å²) < 4.78 is 0. The van der Waals surface area contributed by atoms with Gasteiger partial charge in [0.05, 0.1) is 6.04 Å². The number of nitrogens with zero attached hydrogens (tertiary/aromatic N) is 1. The van der Waals surface area contributed by atoms with E-state index in [1.807, 2.05) is 12.3 Å². The third-order valence-electron chi connectivity index (χ3n) is 3.09. The molecule has 1 aromatic rings. The molecule has 0 aliphatic carbocycles. The second-order valence-corrected chi connectivity index (χ2v) is 4.35. The zero-order valence-corrected chi connectivity index (χ0v) is 8.90. The molecule has 1 aliphatic heterocycles. The van der Waals surface area contributed by atoms with E-state index in [9.17, 15) is 0 Å². The molecule has 3 nitrogen and oxygen atoms in total. The van der Waals surface area contributed by atoms with E-state index in [0.29, 0.717) is 12.1 Å². The fourth-order valence-corrected chi connectivity index (χ4v) is 2.36. The van der Waals surface area contributed by atoms with Crippen molar-refractivity contribution in [3.63, 3.8) is 0 Å². The summed E-state index contributed by atoms with van der Waals surface area (Å²) in [5, 5.41) is 0. The number of likely N-dealkylation sites (tertiary alicyclic amines) is 1. The Labute approximate surface area is 85.3 Å². The monoisotopic (exact) mass is 193 g/mol. The lowest BCUT2D eigenvalue weighted by atomic mass is 10.1. The van der Waals surface area contributed by atoms with E-state index < -0.39 is 0 Å². The topological polar surface area (TPSA) is 45.0 Å². The highest BCUT2D eigenvalue weighted by Crippen LogP contribution is 2.31. The number of hydrogen-bond donors (Lipinski definition) is 2. The van der Waals surface area contributed by atoms with Gasteiger partial charge in [0.15, 0.2) is 0 Å². The minimum Gasteiger partial charge on any atom is -0.364 e. The lowest BCUT2D eigenvalue weighted by Crippen LogP contribution is -2.36. The molecule has 1 fully saturated rings. The summed E-state index contributed by atoms with van der Waals surface area (Å²) in [7, 11) is 0. The third kappa shape index (κ3) is 1.57. The number of aromatic nitrogens is 1. The zero-order valence-electron chi connectivity index (χ0n) is 8.90. The largest absolute Gasteiger partial charge is 0.364 e. The summed E-state index contributed by atoms with van der Waals surface area (Å²) in [6, 6.07) is 5.39. The van der Waals surface area contributed by atoms with Crippen molar-refractivity contribution >= 4 is 0 Å². The number of H-pyrrole nitrogens is 1. The Kier molecular flexibility index (Phi) is 2.61. The molecule has 14 heavy (non-hydrogen) atoms. The van der Waals surface area contributed by atoms with Crippen LogP contribution < -0.4 is 5.73 Å². The van der Waals surface area contributed by atoms with Gasteiger partial charge in [0.1, 0.15) is 0 Å². The van der Waals surface area contributed by atoms with E-state index >= 15 is 0 Å². The summed E-state index contributed by atoms with van der Waals surface area (Å²) in [6.07, 6.45) is 3.07. The predicted molar refractivity (Wildman–Crippen MR) is 58.0 cm³/mol. The van der Waals surface area contributed by atoms with E-state index in [-0.39, 0.29) is 6.04 Å². The van der Waals surface area contributed by atoms with Gasteiger partial charge in [-0.05, 0) is 32.4 Å². The van der Waals surface area contributed by atoms with Crippen molar-refractivity contribution in [2.24, 2.45) is 5.73 Å². The van der Waals surface area contributed by atoms with Gasteiger partial charge < -0.3 is 10.7 Å². The van der Waals surface area contributed by atoms with Crippen LogP contribution in [0.2, 0.25) is 0 Å². The second-order valence-electron chi connectivity index (χ2n) is 4.35.